The van der Waals surface area contributed by atoms with Crippen LogP contribution in [0.5, 0.6) is 5.75 Å². The van der Waals surface area contributed by atoms with Crippen LogP contribution in [0.3, 0.4) is 0 Å². The number of halogens is 1. The molecule has 12 heteroatoms. The number of nitrogens with zero attached hydrogens (tertiary/aromatic N) is 4. The van der Waals surface area contributed by atoms with Crippen LogP contribution < -0.4 is 15.2 Å². The first-order valence-corrected chi connectivity index (χ1v) is 14.6. The summed E-state index contributed by atoms with van der Waals surface area (Å²) in [6.07, 6.45) is 4.23. The standard InChI is InChI=1S/C25H33ClN4O6S/c1-18(2)37(32,33)29-12-10-28(11-13-29)22-17-27-30(20-5-3-4-19(26)16-20)24(31)23(22)36-21-6-8-25(9-7-21)34-14-15-35-25/h3-5,16-18,21H,6-15H2,1-2H3. The molecule has 2 aromatic rings. The summed E-state index contributed by atoms with van der Waals surface area (Å²) in [5.41, 5.74) is 0.723. The molecule has 0 radical (unpaired) electrons. The van der Waals surface area contributed by atoms with E-state index in [1.807, 2.05) is 4.90 Å². The second-order valence-electron chi connectivity index (χ2n) is 9.96. The normalized spacial score (nSPS) is 21.1. The van der Waals surface area contributed by atoms with Gasteiger partial charge in [-0.25, -0.2) is 8.42 Å². The summed E-state index contributed by atoms with van der Waals surface area (Å²) in [7, 11) is -3.35. The summed E-state index contributed by atoms with van der Waals surface area (Å²) in [6, 6.07) is 6.93. The Kier molecular flexibility index (Phi) is 7.52. The van der Waals surface area contributed by atoms with Gasteiger partial charge in [-0.3, -0.25) is 4.79 Å². The van der Waals surface area contributed by atoms with E-state index >= 15 is 0 Å². The largest absolute Gasteiger partial charge is 0.483 e. The topological polar surface area (TPSA) is 103 Å². The van der Waals surface area contributed by atoms with Gasteiger partial charge in [0.05, 0.1) is 36.5 Å². The maximum absolute atomic E-state index is 13.7. The molecule has 0 atom stereocenters. The van der Waals surface area contributed by atoms with Crippen molar-refractivity contribution in [3.63, 3.8) is 0 Å². The Morgan fingerprint density at radius 2 is 1.78 bits per heavy atom. The molecule has 3 fully saturated rings. The Balaban J connectivity index is 1.42. The molecule has 5 rings (SSSR count). The Hall–Kier alpha value is -2.18. The second kappa shape index (κ2) is 10.5. The fourth-order valence-corrected chi connectivity index (χ4v) is 6.59. The molecule has 3 aliphatic rings. The van der Waals surface area contributed by atoms with E-state index in [4.69, 9.17) is 25.8 Å². The Labute approximate surface area is 222 Å². The van der Waals surface area contributed by atoms with E-state index in [9.17, 15) is 13.2 Å². The average Bonchev–Trinajstić information content (AvgIpc) is 3.34. The highest BCUT2D eigenvalue weighted by atomic mass is 35.5. The lowest BCUT2D eigenvalue weighted by atomic mass is 9.92. The number of benzene rings is 1. The summed E-state index contributed by atoms with van der Waals surface area (Å²) >= 11 is 6.17. The number of hydrogen-bond acceptors (Lipinski definition) is 8. The van der Waals surface area contributed by atoms with Gasteiger partial charge in [0.2, 0.25) is 15.8 Å². The number of ether oxygens (including phenoxy) is 3. The van der Waals surface area contributed by atoms with Crippen LogP contribution >= 0.6 is 11.6 Å². The van der Waals surface area contributed by atoms with Gasteiger partial charge in [-0.2, -0.15) is 14.1 Å². The molecule has 2 aliphatic heterocycles. The zero-order valence-corrected chi connectivity index (χ0v) is 22.7. The molecule has 1 aromatic heterocycles. The fraction of sp³-hybridized carbons (Fsp3) is 0.600. The van der Waals surface area contributed by atoms with Gasteiger partial charge in [0.25, 0.3) is 0 Å². The van der Waals surface area contributed by atoms with Crippen LogP contribution in [0.15, 0.2) is 35.3 Å². The van der Waals surface area contributed by atoms with E-state index in [0.717, 1.165) is 0 Å². The van der Waals surface area contributed by atoms with Crippen molar-refractivity contribution in [2.75, 3.05) is 44.3 Å². The molecule has 2 saturated heterocycles. The molecule has 37 heavy (non-hydrogen) atoms. The highest BCUT2D eigenvalue weighted by molar-refractivity contribution is 7.89. The van der Waals surface area contributed by atoms with Gasteiger partial charge in [-0.15, -0.1) is 0 Å². The van der Waals surface area contributed by atoms with Crippen molar-refractivity contribution < 1.29 is 22.6 Å². The van der Waals surface area contributed by atoms with Crippen molar-refractivity contribution in [3.05, 3.63) is 45.8 Å². The van der Waals surface area contributed by atoms with Crippen molar-refractivity contribution >= 4 is 27.3 Å². The minimum atomic E-state index is -3.35. The van der Waals surface area contributed by atoms with E-state index in [1.54, 1.807) is 44.3 Å². The minimum absolute atomic E-state index is 0.178. The van der Waals surface area contributed by atoms with E-state index in [1.165, 1.54) is 8.99 Å². The fourth-order valence-electron chi connectivity index (χ4n) is 5.14. The summed E-state index contributed by atoms with van der Waals surface area (Å²) in [6.45, 7) is 6.09. The third-order valence-corrected chi connectivity index (χ3v) is 9.81. The summed E-state index contributed by atoms with van der Waals surface area (Å²) in [5, 5.41) is 4.44. The zero-order valence-electron chi connectivity index (χ0n) is 21.1. The van der Waals surface area contributed by atoms with E-state index in [2.05, 4.69) is 5.10 Å². The maximum atomic E-state index is 13.7. The van der Waals surface area contributed by atoms with Crippen molar-refractivity contribution in [2.24, 2.45) is 0 Å². The van der Waals surface area contributed by atoms with Crippen LogP contribution in [0, 0.1) is 0 Å². The molecule has 0 amide bonds. The third-order valence-electron chi connectivity index (χ3n) is 7.29. The van der Waals surface area contributed by atoms with Gasteiger partial charge >= 0.3 is 5.56 Å². The second-order valence-corrected chi connectivity index (χ2v) is 12.9. The lowest BCUT2D eigenvalue weighted by Crippen LogP contribution is -2.51. The molecule has 0 bridgehead atoms. The van der Waals surface area contributed by atoms with Crippen molar-refractivity contribution in [3.8, 4) is 11.4 Å². The quantitative estimate of drug-likeness (QED) is 0.539. The summed E-state index contributed by atoms with van der Waals surface area (Å²) < 4.78 is 46.1. The van der Waals surface area contributed by atoms with Crippen LogP contribution in [0.4, 0.5) is 5.69 Å². The van der Waals surface area contributed by atoms with Gasteiger partial charge < -0.3 is 19.1 Å². The van der Waals surface area contributed by atoms with Crippen molar-refractivity contribution in [1.82, 2.24) is 14.1 Å². The third kappa shape index (κ3) is 5.37. The SMILES string of the molecule is CC(C)S(=O)(=O)N1CCN(c2cnn(-c3cccc(Cl)c3)c(=O)c2OC2CCC3(CC2)OCCO3)CC1. The highest BCUT2D eigenvalue weighted by Gasteiger charge is 2.41. The Bertz CT molecular complexity index is 1280. The molecule has 1 aliphatic carbocycles. The number of rotatable bonds is 6. The summed E-state index contributed by atoms with van der Waals surface area (Å²) in [4.78, 5) is 15.7. The molecule has 1 aromatic carbocycles. The van der Waals surface area contributed by atoms with Crippen LogP contribution in [-0.4, -0.2) is 79.0 Å². The predicted molar refractivity (Wildman–Crippen MR) is 140 cm³/mol. The molecule has 10 nitrogen and oxygen atoms in total. The Morgan fingerprint density at radius 1 is 1.11 bits per heavy atom. The molecule has 1 spiro atoms. The molecule has 3 heterocycles. The average molecular weight is 553 g/mol. The lowest BCUT2D eigenvalue weighted by Gasteiger charge is -2.38. The van der Waals surface area contributed by atoms with Gasteiger partial charge in [-0.05, 0) is 44.9 Å². The summed E-state index contributed by atoms with van der Waals surface area (Å²) in [5.74, 6) is -0.315. The Morgan fingerprint density at radius 3 is 2.41 bits per heavy atom. The van der Waals surface area contributed by atoms with Crippen molar-refractivity contribution in [1.29, 1.82) is 0 Å². The lowest BCUT2D eigenvalue weighted by molar-refractivity contribution is -0.186. The molecule has 0 unspecified atom stereocenters. The van der Waals surface area contributed by atoms with Gasteiger partial charge in [0.15, 0.2) is 5.79 Å². The highest BCUT2D eigenvalue weighted by Crippen LogP contribution is 2.38. The monoisotopic (exact) mass is 552 g/mol. The maximum Gasteiger partial charge on any atom is 0.316 e. The molecule has 0 N–H and O–H groups in total. The van der Waals surface area contributed by atoms with Crippen LogP contribution in [0.2, 0.25) is 5.02 Å². The van der Waals surface area contributed by atoms with Gasteiger partial charge in [0.1, 0.15) is 5.69 Å². The first kappa shape index (κ1) is 26.4. The zero-order chi connectivity index (χ0) is 26.2. The number of anilines is 1. The molecule has 202 valence electrons. The van der Waals surface area contributed by atoms with Crippen LogP contribution in [0.25, 0.3) is 5.69 Å². The van der Waals surface area contributed by atoms with Crippen LogP contribution in [0.1, 0.15) is 39.5 Å². The first-order chi connectivity index (χ1) is 17.7. The number of sulfonamides is 1. The molecule has 1 saturated carbocycles. The van der Waals surface area contributed by atoms with Gasteiger partial charge in [0, 0.05) is 44.0 Å². The number of hydrogen-bond donors (Lipinski definition) is 0. The predicted octanol–water partition coefficient (Wildman–Crippen LogP) is 2.81. The van der Waals surface area contributed by atoms with Crippen LogP contribution in [-0.2, 0) is 19.5 Å². The van der Waals surface area contributed by atoms with E-state index in [-0.39, 0.29) is 17.4 Å². The molecular formula is C25H33ClN4O6S. The van der Waals surface area contributed by atoms with E-state index < -0.39 is 21.1 Å². The molecular weight excluding hydrogens is 520 g/mol. The van der Waals surface area contributed by atoms with E-state index in [0.29, 0.717) is 81.5 Å². The first-order valence-electron chi connectivity index (χ1n) is 12.8. The van der Waals surface area contributed by atoms with Gasteiger partial charge in [-0.1, -0.05) is 17.7 Å². The minimum Gasteiger partial charge on any atom is -0.483 e. The number of aromatic nitrogens is 2. The van der Waals surface area contributed by atoms with Crippen molar-refractivity contribution in [2.45, 2.75) is 56.7 Å². The number of piperazine rings is 1. The smallest absolute Gasteiger partial charge is 0.316 e.